The van der Waals surface area contributed by atoms with Crippen LogP contribution in [0.4, 0.5) is 5.69 Å². The quantitative estimate of drug-likeness (QED) is 0.780. The third kappa shape index (κ3) is 4.92. The van der Waals surface area contributed by atoms with Crippen LogP contribution < -0.4 is 10.6 Å². The van der Waals surface area contributed by atoms with E-state index >= 15 is 0 Å². The summed E-state index contributed by atoms with van der Waals surface area (Å²) in [5.41, 5.74) is 1.90. The summed E-state index contributed by atoms with van der Waals surface area (Å²) in [5, 5.41) is 5.64. The lowest BCUT2D eigenvalue weighted by atomic mass is 10.1. The summed E-state index contributed by atoms with van der Waals surface area (Å²) in [6, 6.07) is 12.9. The Morgan fingerprint density at radius 3 is 1.92 bits per heavy atom. The van der Waals surface area contributed by atoms with E-state index in [4.69, 9.17) is 0 Å². The Kier molecular flexibility index (Phi) is 6.49. The lowest BCUT2D eigenvalue weighted by Crippen LogP contribution is -2.31. The molecule has 0 aromatic heterocycles. The van der Waals surface area contributed by atoms with Crippen LogP contribution in [0.3, 0.4) is 0 Å². The standard InChI is InChI=1S/C20H22N2O4/c1-4-13(2)21-18(23)15-9-11-17(12-10-15)22-19(24)14-5-7-16(8-6-14)20(25)26-3/h5-13H,4H2,1-3H3,(H,21,23)(H,22,24). The fraction of sp³-hybridized carbons (Fsp3) is 0.250. The minimum Gasteiger partial charge on any atom is -0.465 e. The van der Waals surface area contributed by atoms with Gasteiger partial charge in [0.2, 0.25) is 0 Å². The Balaban J connectivity index is 2.01. The zero-order valence-corrected chi connectivity index (χ0v) is 15.0. The van der Waals surface area contributed by atoms with Gasteiger partial charge in [-0.3, -0.25) is 9.59 Å². The van der Waals surface area contributed by atoms with Gasteiger partial charge in [-0.15, -0.1) is 0 Å². The summed E-state index contributed by atoms with van der Waals surface area (Å²) in [7, 11) is 1.30. The van der Waals surface area contributed by atoms with Crippen molar-refractivity contribution in [3.8, 4) is 0 Å². The highest BCUT2D eigenvalue weighted by atomic mass is 16.5. The van der Waals surface area contributed by atoms with Crippen molar-refractivity contribution >= 4 is 23.5 Å². The monoisotopic (exact) mass is 354 g/mol. The van der Waals surface area contributed by atoms with Gasteiger partial charge in [0.05, 0.1) is 12.7 Å². The van der Waals surface area contributed by atoms with E-state index in [1.165, 1.54) is 19.2 Å². The third-order valence-electron chi connectivity index (χ3n) is 3.96. The molecule has 26 heavy (non-hydrogen) atoms. The second-order valence-electron chi connectivity index (χ2n) is 5.88. The molecule has 2 N–H and O–H groups in total. The van der Waals surface area contributed by atoms with Crippen molar-refractivity contribution in [3.05, 3.63) is 65.2 Å². The number of anilines is 1. The van der Waals surface area contributed by atoms with Gasteiger partial charge in [0.15, 0.2) is 0 Å². The maximum Gasteiger partial charge on any atom is 0.337 e. The molecule has 0 spiro atoms. The van der Waals surface area contributed by atoms with E-state index in [1.807, 2.05) is 13.8 Å². The summed E-state index contributed by atoms with van der Waals surface area (Å²) in [5.74, 6) is -0.905. The van der Waals surface area contributed by atoms with Gasteiger partial charge < -0.3 is 15.4 Å². The van der Waals surface area contributed by atoms with Crippen molar-refractivity contribution in [2.24, 2.45) is 0 Å². The average molecular weight is 354 g/mol. The first-order valence-corrected chi connectivity index (χ1v) is 8.35. The zero-order valence-electron chi connectivity index (χ0n) is 15.0. The predicted molar refractivity (Wildman–Crippen MR) is 99.4 cm³/mol. The minimum atomic E-state index is -0.455. The molecule has 2 amide bonds. The maximum absolute atomic E-state index is 12.3. The number of hydrogen-bond acceptors (Lipinski definition) is 4. The van der Waals surface area contributed by atoms with Crippen LogP contribution >= 0.6 is 0 Å². The maximum atomic E-state index is 12.3. The first-order valence-electron chi connectivity index (χ1n) is 8.35. The number of amides is 2. The van der Waals surface area contributed by atoms with Crippen molar-refractivity contribution in [2.75, 3.05) is 12.4 Å². The van der Waals surface area contributed by atoms with Gasteiger partial charge in [0, 0.05) is 22.9 Å². The first kappa shape index (κ1) is 19.2. The van der Waals surface area contributed by atoms with Crippen LogP contribution in [0.5, 0.6) is 0 Å². The number of carbonyl (C=O) groups is 3. The largest absolute Gasteiger partial charge is 0.465 e. The van der Waals surface area contributed by atoms with Crippen LogP contribution in [0, 0.1) is 0 Å². The van der Waals surface area contributed by atoms with Gasteiger partial charge in [0.25, 0.3) is 11.8 Å². The number of nitrogens with one attached hydrogen (secondary N) is 2. The number of ether oxygens (including phenoxy) is 1. The normalized spacial score (nSPS) is 11.3. The molecule has 0 heterocycles. The molecule has 0 bridgehead atoms. The fourth-order valence-electron chi connectivity index (χ4n) is 2.19. The van der Waals surface area contributed by atoms with Crippen LogP contribution in [0.15, 0.2) is 48.5 Å². The van der Waals surface area contributed by atoms with Gasteiger partial charge in [-0.25, -0.2) is 4.79 Å². The summed E-state index contributed by atoms with van der Waals surface area (Å²) < 4.78 is 4.62. The topological polar surface area (TPSA) is 84.5 Å². The molecule has 0 saturated heterocycles. The fourth-order valence-corrected chi connectivity index (χ4v) is 2.19. The first-order chi connectivity index (χ1) is 12.4. The van der Waals surface area contributed by atoms with Crippen LogP contribution in [0.2, 0.25) is 0 Å². The second kappa shape index (κ2) is 8.80. The van der Waals surface area contributed by atoms with Gasteiger partial charge in [-0.2, -0.15) is 0 Å². The van der Waals surface area contributed by atoms with E-state index in [2.05, 4.69) is 15.4 Å². The average Bonchev–Trinajstić information content (AvgIpc) is 2.67. The predicted octanol–water partition coefficient (Wildman–Crippen LogP) is 3.25. The van der Waals surface area contributed by atoms with Gasteiger partial charge >= 0.3 is 5.97 Å². The highest BCUT2D eigenvalue weighted by Crippen LogP contribution is 2.13. The van der Waals surface area contributed by atoms with E-state index in [1.54, 1.807) is 36.4 Å². The number of hydrogen-bond donors (Lipinski definition) is 2. The summed E-state index contributed by atoms with van der Waals surface area (Å²) in [6.07, 6.45) is 0.856. The highest BCUT2D eigenvalue weighted by Gasteiger charge is 2.11. The van der Waals surface area contributed by atoms with Crippen molar-refractivity contribution in [3.63, 3.8) is 0 Å². The molecule has 0 aliphatic heterocycles. The second-order valence-corrected chi connectivity index (χ2v) is 5.88. The summed E-state index contributed by atoms with van der Waals surface area (Å²) in [4.78, 5) is 35.7. The Morgan fingerprint density at radius 1 is 0.885 bits per heavy atom. The molecule has 1 atom stereocenters. The van der Waals surface area contributed by atoms with Gasteiger partial charge in [-0.05, 0) is 61.9 Å². The van der Waals surface area contributed by atoms with E-state index in [9.17, 15) is 14.4 Å². The molecule has 2 aromatic carbocycles. The molecule has 0 saturated carbocycles. The Morgan fingerprint density at radius 2 is 1.38 bits per heavy atom. The lowest BCUT2D eigenvalue weighted by Gasteiger charge is -2.12. The van der Waals surface area contributed by atoms with E-state index in [0.29, 0.717) is 22.4 Å². The zero-order chi connectivity index (χ0) is 19.1. The molecular weight excluding hydrogens is 332 g/mol. The van der Waals surface area contributed by atoms with Crippen LogP contribution in [0.1, 0.15) is 51.3 Å². The Hall–Kier alpha value is -3.15. The molecule has 6 heteroatoms. The molecule has 0 fully saturated rings. The molecular formula is C20H22N2O4. The summed E-state index contributed by atoms with van der Waals surface area (Å²) >= 11 is 0. The minimum absolute atomic E-state index is 0.106. The smallest absolute Gasteiger partial charge is 0.337 e. The highest BCUT2D eigenvalue weighted by molar-refractivity contribution is 6.05. The number of rotatable bonds is 6. The van der Waals surface area contributed by atoms with Gasteiger partial charge in [0.1, 0.15) is 0 Å². The van der Waals surface area contributed by atoms with E-state index in [0.717, 1.165) is 6.42 Å². The van der Waals surface area contributed by atoms with Crippen LogP contribution in [-0.2, 0) is 4.74 Å². The summed E-state index contributed by atoms with van der Waals surface area (Å²) in [6.45, 7) is 3.94. The van der Waals surface area contributed by atoms with Crippen molar-refractivity contribution in [2.45, 2.75) is 26.3 Å². The van der Waals surface area contributed by atoms with Crippen LogP contribution in [0.25, 0.3) is 0 Å². The van der Waals surface area contributed by atoms with E-state index < -0.39 is 5.97 Å². The number of esters is 1. The molecule has 0 aliphatic rings. The number of benzene rings is 2. The van der Waals surface area contributed by atoms with Crippen LogP contribution in [-0.4, -0.2) is 30.9 Å². The van der Waals surface area contributed by atoms with E-state index in [-0.39, 0.29) is 17.9 Å². The Labute approximate surface area is 152 Å². The molecule has 0 radical (unpaired) electrons. The molecule has 2 rings (SSSR count). The Bertz CT molecular complexity index is 782. The van der Waals surface area contributed by atoms with Gasteiger partial charge in [-0.1, -0.05) is 6.92 Å². The van der Waals surface area contributed by atoms with Crippen molar-refractivity contribution in [1.82, 2.24) is 5.32 Å². The third-order valence-corrected chi connectivity index (χ3v) is 3.96. The lowest BCUT2D eigenvalue weighted by molar-refractivity contribution is 0.0600. The SMILES string of the molecule is CCC(C)NC(=O)c1ccc(NC(=O)c2ccc(C(=O)OC)cc2)cc1. The molecule has 6 nitrogen and oxygen atoms in total. The molecule has 1 unspecified atom stereocenters. The molecule has 0 aliphatic carbocycles. The van der Waals surface area contributed by atoms with Crippen molar-refractivity contribution in [1.29, 1.82) is 0 Å². The molecule has 136 valence electrons. The molecule has 2 aromatic rings. The number of carbonyl (C=O) groups excluding carboxylic acids is 3. The van der Waals surface area contributed by atoms with Crippen molar-refractivity contribution < 1.29 is 19.1 Å². The number of methoxy groups -OCH3 is 1.